The summed E-state index contributed by atoms with van der Waals surface area (Å²) in [6.45, 7) is 2.35. The largest absolute Gasteiger partial charge is 0.379 e. The number of hydrogen-bond donors (Lipinski definition) is 3. The van der Waals surface area contributed by atoms with Gasteiger partial charge in [-0.1, -0.05) is 42.5 Å². The molecule has 4 N–H and O–H groups in total. The van der Waals surface area contributed by atoms with Crippen LogP contribution in [0.4, 0.5) is 17.5 Å². The molecule has 3 aromatic carbocycles. The minimum absolute atomic E-state index is 0.0833. The zero-order chi connectivity index (χ0) is 25.5. The van der Waals surface area contributed by atoms with Crippen molar-refractivity contribution < 1.29 is 17.4 Å². The highest BCUT2D eigenvalue weighted by Crippen LogP contribution is 2.23. The fraction of sp³-hybridized carbons (Fsp3) is 0.115. The maximum atomic E-state index is 12.5. The van der Waals surface area contributed by atoms with Crippen LogP contribution in [-0.4, -0.2) is 30.8 Å². The second-order valence-electron chi connectivity index (χ2n) is 7.99. The zero-order valence-electron chi connectivity index (χ0n) is 19.5. The SMILES string of the molecule is Cc1cccc(S(=O)(=O)Oc2ccc(Nc3ncc(C(N)=O)c(NCCc4ccccc4)n3)cc2)c1. The maximum Gasteiger partial charge on any atom is 0.339 e. The molecule has 0 bridgehead atoms. The van der Waals surface area contributed by atoms with E-state index < -0.39 is 16.0 Å². The van der Waals surface area contributed by atoms with Crippen molar-refractivity contribution in [3.05, 3.63) is 102 Å². The van der Waals surface area contributed by atoms with Crippen molar-refractivity contribution in [2.24, 2.45) is 5.73 Å². The van der Waals surface area contributed by atoms with Crippen LogP contribution in [0.1, 0.15) is 21.5 Å². The van der Waals surface area contributed by atoms with E-state index in [0.717, 1.165) is 17.5 Å². The monoisotopic (exact) mass is 503 g/mol. The molecule has 4 aromatic rings. The lowest BCUT2D eigenvalue weighted by Gasteiger charge is -2.12. The molecule has 36 heavy (non-hydrogen) atoms. The average molecular weight is 504 g/mol. The molecule has 4 rings (SSSR count). The Labute approximate surface area is 209 Å². The van der Waals surface area contributed by atoms with E-state index in [2.05, 4.69) is 20.6 Å². The van der Waals surface area contributed by atoms with Crippen LogP contribution >= 0.6 is 0 Å². The third-order valence-electron chi connectivity index (χ3n) is 5.20. The van der Waals surface area contributed by atoms with Crippen molar-refractivity contribution >= 4 is 33.5 Å². The van der Waals surface area contributed by atoms with E-state index in [1.54, 1.807) is 24.3 Å². The first-order valence-corrected chi connectivity index (χ1v) is 12.5. The number of nitrogens with zero attached hydrogens (tertiary/aromatic N) is 2. The van der Waals surface area contributed by atoms with Crippen LogP contribution in [0.25, 0.3) is 0 Å². The number of carbonyl (C=O) groups excluding carboxylic acids is 1. The van der Waals surface area contributed by atoms with Gasteiger partial charge in [-0.3, -0.25) is 4.79 Å². The number of carbonyl (C=O) groups is 1. The Morgan fingerprint density at radius 3 is 2.44 bits per heavy atom. The Morgan fingerprint density at radius 1 is 1.00 bits per heavy atom. The van der Waals surface area contributed by atoms with Gasteiger partial charge in [0.1, 0.15) is 16.5 Å². The molecular weight excluding hydrogens is 478 g/mol. The van der Waals surface area contributed by atoms with Crippen LogP contribution in [0.3, 0.4) is 0 Å². The Hall–Kier alpha value is -4.44. The lowest BCUT2D eigenvalue weighted by Crippen LogP contribution is -2.18. The normalized spacial score (nSPS) is 11.0. The van der Waals surface area contributed by atoms with E-state index in [-0.39, 0.29) is 22.2 Å². The van der Waals surface area contributed by atoms with Crippen LogP contribution in [0.5, 0.6) is 5.75 Å². The number of rotatable bonds is 10. The smallest absolute Gasteiger partial charge is 0.339 e. The maximum absolute atomic E-state index is 12.5. The summed E-state index contributed by atoms with van der Waals surface area (Å²) >= 11 is 0. The number of aryl methyl sites for hydroxylation is 1. The van der Waals surface area contributed by atoms with Crippen molar-refractivity contribution in [3.8, 4) is 5.75 Å². The number of primary amides is 1. The number of hydrogen-bond acceptors (Lipinski definition) is 8. The molecule has 1 aromatic heterocycles. The van der Waals surface area contributed by atoms with E-state index in [9.17, 15) is 13.2 Å². The molecule has 0 unspecified atom stereocenters. The predicted octanol–water partition coefficient (Wildman–Crippen LogP) is 4.05. The Kier molecular flexibility index (Phi) is 7.45. The van der Waals surface area contributed by atoms with Gasteiger partial charge in [0, 0.05) is 18.4 Å². The Morgan fingerprint density at radius 2 is 1.75 bits per heavy atom. The number of nitrogens with two attached hydrogens (primary N) is 1. The van der Waals surface area contributed by atoms with Gasteiger partial charge in [0.15, 0.2) is 0 Å². The van der Waals surface area contributed by atoms with E-state index in [4.69, 9.17) is 9.92 Å². The molecule has 10 heteroatoms. The molecule has 0 aliphatic heterocycles. The number of benzene rings is 3. The summed E-state index contributed by atoms with van der Waals surface area (Å²) < 4.78 is 30.3. The van der Waals surface area contributed by atoms with Gasteiger partial charge in [-0.05, 0) is 60.9 Å². The van der Waals surface area contributed by atoms with E-state index in [0.29, 0.717) is 18.1 Å². The predicted molar refractivity (Wildman–Crippen MR) is 138 cm³/mol. The summed E-state index contributed by atoms with van der Waals surface area (Å²) in [4.78, 5) is 20.4. The van der Waals surface area contributed by atoms with Crippen LogP contribution < -0.4 is 20.6 Å². The van der Waals surface area contributed by atoms with Gasteiger partial charge in [-0.25, -0.2) is 4.98 Å². The summed E-state index contributed by atoms with van der Waals surface area (Å²) in [5, 5.41) is 6.17. The van der Waals surface area contributed by atoms with Gasteiger partial charge in [-0.15, -0.1) is 0 Å². The van der Waals surface area contributed by atoms with Gasteiger partial charge in [0.05, 0.1) is 5.56 Å². The second-order valence-corrected chi connectivity index (χ2v) is 9.53. The lowest BCUT2D eigenvalue weighted by atomic mass is 10.1. The van der Waals surface area contributed by atoms with Crippen molar-refractivity contribution in [2.45, 2.75) is 18.2 Å². The van der Waals surface area contributed by atoms with Crippen LogP contribution in [-0.2, 0) is 16.5 Å². The highest BCUT2D eigenvalue weighted by molar-refractivity contribution is 7.87. The molecule has 1 amide bonds. The first-order valence-electron chi connectivity index (χ1n) is 11.1. The first kappa shape index (κ1) is 24.7. The summed E-state index contributed by atoms with van der Waals surface area (Å²) in [6.07, 6.45) is 2.09. The van der Waals surface area contributed by atoms with Crippen molar-refractivity contribution in [3.63, 3.8) is 0 Å². The third-order valence-corrected chi connectivity index (χ3v) is 6.44. The minimum atomic E-state index is -3.95. The van der Waals surface area contributed by atoms with E-state index in [1.165, 1.54) is 24.4 Å². The molecule has 1 heterocycles. The molecule has 0 saturated carbocycles. The highest BCUT2D eigenvalue weighted by Gasteiger charge is 2.17. The third kappa shape index (κ3) is 6.36. The molecule has 0 spiro atoms. The number of anilines is 3. The Bertz CT molecular complexity index is 1460. The molecule has 9 nitrogen and oxygen atoms in total. The number of nitrogens with one attached hydrogen (secondary N) is 2. The number of aromatic nitrogens is 2. The molecule has 0 saturated heterocycles. The molecule has 0 radical (unpaired) electrons. The van der Waals surface area contributed by atoms with Crippen LogP contribution in [0.2, 0.25) is 0 Å². The second kappa shape index (κ2) is 10.9. The van der Waals surface area contributed by atoms with E-state index in [1.807, 2.05) is 43.3 Å². The van der Waals surface area contributed by atoms with Crippen molar-refractivity contribution in [1.82, 2.24) is 9.97 Å². The molecule has 0 fully saturated rings. The van der Waals surface area contributed by atoms with Gasteiger partial charge >= 0.3 is 10.1 Å². The first-order chi connectivity index (χ1) is 17.3. The molecule has 0 aliphatic rings. The summed E-state index contributed by atoms with van der Waals surface area (Å²) in [5.74, 6) is 0.0822. The van der Waals surface area contributed by atoms with Crippen LogP contribution in [0, 0.1) is 6.92 Å². The summed E-state index contributed by atoms with van der Waals surface area (Å²) in [7, 11) is -3.95. The topological polar surface area (TPSA) is 136 Å². The Balaban J connectivity index is 1.44. The molecular formula is C26H25N5O4S. The van der Waals surface area contributed by atoms with Crippen molar-refractivity contribution in [1.29, 1.82) is 0 Å². The molecule has 0 aliphatic carbocycles. The number of amides is 1. The molecule has 0 atom stereocenters. The summed E-state index contributed by atoms with van der Waals surface area (Å²) in [5.41, 5.74) is 8.21. The molecule has 184 valence electrons. The van der Waals surface area contributed by atoms with Gasteiger partial charge in [0.2, 0.25) is 5.95 Å². The fourth-order valence-corrected chi connectivity index (χ4v) is 4.43. The van der Waals surface area contributed by atoms with Gasteiger partial charge in [0.25, 0.3) is 5.91 Å². The lowest BCUT2D eigenvalue weighted by molar-refractivity contribution is 0.100. The average Bonchev–Trinajstić information content (AvgIpc) is 2.86. The summed E-state index contributed by atoms with van der Waals surface area (Å²) in [6, 6.07) is 22.7. The minimum Gasteiger partial charge on any atom is -0.379 e. The fourth-order valence-electron chi connectivity index (χ4n) is 3.40. The van der Waals surface area contributed by atoms with Crippen LogP contribution in [0.15, 0.2) is 90.0 Å². The quantitative estimate of drug-likeness (QED) is 0.276. The standard InChI is InChI=1S/C26H25N5O4S/c1-18-6-5-9-22(16-18)36(33,34)35-21-12-10-20(11-13-21)30-26-29-17-23(24(27)32)25(31-26)28-15-14-19-7-3-2-4-8-19/h2-13,16-17H,14-15H2,1H3,(H2,27,32)(H2,28,29,30,31). The highest BCUT2D eigenvalue weighted by atomic mass is 32.2. The zero-order valence-corrected chi connectivity index (χ0v) is 20.3. The van der Waals surface area contributed by atoms with Gasteiger partial charge in [-0.2, -0.15) is 13.4 Å². The van der Waals surface area contributed by atoms with Gasteiger partial charge < -0.3 is 20.6 Å². The van der Waals surface area contributed by atoms with Crippen molar-refractivity contribution in [2.75, 3.05) is 17.2 Å². The van der Waals surface area contributed by atoms with E-state index >= 15 is 0 Å².